The Morgan fingerprint density at radius 1 is 1.04 bits per heavy atom. The van der Waals surface area contributed by atoms with Crippen molar-refractivity contribution < 1.29 is 31.1 Å². The van der Waals surface area contributed by atoms with Crippen LogP contribution < -0.4 is 0 Å². The van der Waals surface area contributed by atoms with Gasteiger partial charge in [0.2, 0.25) is 0 Å². The number of amides is 1. The molecule has 0 aromatic heterocycles. The first-order valence-electron chi connectivity index (χ1n) is 6.87. The standard InChI is InChI=1S/C15H15F6NO/c1-2-3-9-11(12(14(16,17)18)15(19,20)21)22-13(23)10-7-5-4-6-8-10/h4-8,12H,2-3,9H2,1H3. The summed E-state index contributed by atoms with van der Waals surface area (Å²) in [6, 6.07) is 7.00. The first-order chi connectivity index (χ1) is 10.6. The van der Waals surface area contributed by atoms with Crippen molar-refractivity contribution in [3.8, 4) is 0 Å². The van der Waals surface area contributed by atoms with Crippen molar-refractivity contribution in [3.63, 3.8) is 0 Å². The smallest absolute Gasteiger partial charge is 0.267 e. The summed E-state index contributed by atoms with van der Waals surface area (Å²) in [5.41, 5.74) is -1.26. The molecule has 0 spiro atoms. The van der Waals surface area contributed by atoms with Crippen LogP contribution in [0.2, 0.25) is 0 Å². The van der Waals surface area contributed by atoms with Crippen LogP contribution in [0.3, 0.4) is 0 Å². The van der Waals surface area contributed by atoms with Gasteiger partial charge in [0.05, 0.1) is 0 Å². The summed E-state index contributed by atoms with van der Waals surface area (Å²) in [7, 11) is 0. The summed E-state index contributed by atoms with van der Waals surface area (Å²) in [5, 5.41) is 0. The number of rotatable bonds is 5. The molecule has 0 N–H and O–H groups in total. The van der Waals surface area contributed by atoms with E-state index in [4.69, 9.17) is 0 Å². The molecule has 0 unspecified atom stereocenters. The highest BCUT2D eigenvalue weighted by Crippen LogP contribution is 2.41. The number of halogens is 6. The molecular formula is C15H15F6NO. The molecule has 128 valence electrons. The van der Waals surface area contributed by atoms with Crippen LogP contribution in [0.15, 0.2) is 35.3 Å². The fraction of sp³-hybridized carbons (Fsp3) is 0.467. The lowest BCUT2D eigenvalue weighted by Gasteiger charge is -2.24. The second-order valence-corrected chi connectivity index (χ2v) is 4.89. The molecule has 0 aliphatic heterocycles. The lowest BCUT2D eigenvalue weighted by Crippen LogP contribution is -2.42. The van der Waals surface area contributed by atoms with E-state index in [-0.39, 0.29) is 12.0 Å². The molecule has 0 saturated heterocycles. The summed E-state index contributed by atoms with van der Waals surface area (Å²) in [6.07, 6.45) is -11.2. The number of nitrogens with zero attached hydrogens (tertiary/aromatic N) is 1. The van der Waals surface area contributed by atoms with Crippen LogP contribution in [0.5, 0.6) is 0 Å². The maximum absolute atomic E-state index is 12.8. The Kier molecular flexibility index (Phi) is 6.35. The zero-order chi connectivity index (χ0) is 17.7. The third kappa shape index (κ3) is 5.69. The summed E-state index contributed by atoms with van der Waals surface area (Å²) in [6.45, 7) is 1.62. The van der Waals surface area contributed by atoms with E-state index in [9.17, 15) is 31.1 Å². The number of carbonyl (C=O) groups excluding carboxylic acids is 1. The average Bonchev–Trinajstić information content (AvgIpc) is 2.42. The van der Waals surface area contributed by atoms with E-state index in [1.165, 1.54) is 24.3 Å². The average molecular weight is 339 g/mol. The van der Waals surface area contributed by atoms with Crippen LogP contribution in [-0.4, -0.2) is 24.0 Å². The van der Waals surface area contributed by atoms with E-state index >= 15 is 0 Å². The van der Waals surface area contributed by atoms with Crippen LogP contribution in [-0.2, 0) is 0 Å². The molecular weight excluding hydrogens is 324 g/mol. The third-order valence-corrected chi connectivity index (χ3v) is 3.04. The van der Waals surface area contributed by atoms with E-state index < -0.39 is 36.3 Å². The molecule has 0 heterocycles. The molecule has 2 nitrogen and oxygen atoms in total. The predicted octanol–water partition coefficient (Wildman–Crippen LogP) is 5.20. The molecule has 0 atom stereocenters. The van der Waals surface area contributed by atoms with Gasteiger partial charge < -0.3 is 0 Å². The number of carbonyl (C=O) groups is 1. The Labute approximate surface area is 129 Å². The molecule has 0 saturated carbocycles. The van der Waals surface area contributed by atoms with E-state index in [1.807, 2.05) is 0 Å². The number of hydrogen-bond donors (Lipinski definition) is 0. The van der Waals surface area contributed by atoms with E-state index in [0.717, 1.165) is 0 Å². The normalized spacial score (nSPS) is 13.5. The highest BCUT2D eigenvalue weighted by molar-refractivity contribution is 6.05. The lowest BCUT2D eigenvalue weighted by molar-refractivity contribution is -0.260. The molecule has 8 heteroatoms. The van der Waals surface area contributed by atoms with Gasteiger partial charge in [0, 0.05) is 11.3 Å². The van der Waals surface area contributed by atoms with Gasteiger partial charge in [-0.1, -0.05) is 31.5 Å². The predicted molar refractivity (Wildman–Crippen MR) is 73.3 cm³/mol. The second kappa shape index (κ2) is 7.61. The van der Waals surface area contributed by atoms with Gasteiger partial charge in [0.15, 0.2) is 5.92 Å². The lowest BCUT2D eigenvalue weighted by atomic mass is 9.97. The minimum absolute atomic E-state index is 0.0652. The Hall–Kier alpha value is -1.86. The molecule has 1 rings (SSSR count). The summed E-state index contributed by atoms with van der Waals surface area (Å²) in [4.78, 5) is 15.0. The van der Waals surface area contributed by atoms with Crippen LogP contribution in [0, 0.1) is 5.92 Å². The number of alkyl halides is 6. The highest BCUT2D eigenvalue weighted by Gasteiger charge is 2.59. The third-order valence-electron chi connectivity index (χ3n) is 3.04. The zero-order valence-corrected chi connectivity index (χ0v) is 12.2. The van der Waals surface area contributed by atoms with Crippen molar-refractivity contribution in [1.29, 1.82) is 0 Å². The number of hydrogen-bond acceptors (Lipinski definition) is 1. The Balaban J connectivity index is 3.26. The summed E-state index contributed by atoms with van der Waals surface area (Å²) in [5.74, 6) is -4.84. The zero-order valence-electron chi connectivity index (χ0n) is 12.2. The van der Waals surface area contributed by atoms with Crippen molar-refractivity contribution in [1.82, 2.24) is 0 Å². The Morgan fingerprint density at radius 3 is 2.00 bits per heavy atom. The maximum atomic E-state index is 12.8. The van der Waals surface area contributed by atoms with E-state index in [0.29, 0.717) is 6.42 Å². The van der Waals surface area contributed by atoms with Gasteiger partial charge >= 0.3 is 12.4 Å². The van der Waals surface area contributed by atoms with Crippen LogP contribution in [0.25, 0.3) is 0 Å². The minimum Gasteiger partial charge on any atom is -0.267 e. The van der Waals surface area contributed by atoms with E-state index in [2.05, 4.69) is 4.99 Å². The van der Waals surface area contributed by atoms with Crippen molar-refractivity contribution in [3.05, 3.63) is 35.9 Å². The molecule has 1 aromatic rings. The van der Waals surface area contributed by atoms with Crippen LogP contribution in [0.1, 0.15) is 36.5 Å². The first-order valence-corrected chi connectivity index (χ1v) is 6.87. The molecule has 23 heavy (non-hydrogen) atoms. The van der Waals surface area contributed by atoms with Gasteiger partial charge in [-0.2, -0.15) is 26.3 Å². The van der Waals surface area contributed by atoms with Crippen molar-refractivity contribution in [2.75, 3.05) is 0 Å². The molecule has 0 aliphatic rings. The van der Waals surface area contributed by atoms with E-state index in [1.54, 1.807) is 13.0 Å². The molecule has 1 aromatic carbocycles. The van der Waals surface area contributed by atoms with Crippen molar-refractivity contribution >= 4 is 11.6 Å². The van der Waals surface area contributed by atoms with Crippen molar-refractivity contribution in [2.45, 2.75) is 38.5 Å². The van der Waals surface area contributed by atoms with Gasteiger partial charge in [-0.3, -0.25) is 4.79 Å². The van der Waals surface area contributed by atoms with Crippen LogP contribution >= 0.6 is 0 Å². The minimum atomic E-state index is -5.55. The second-order valence-electron chi connectivity index (χ2n) is 4.89. The molecule has 0 fully saturated rings. The Bertz CT molecular complexity index is 533. The maximum Gasteiger partial charge on any atom is 0.405 e. The fourth-order valence-electron chi connectivity index (χ4n) is 1.96. The van der Waals surface area contributed by atoms with Crippen molar-refractivity contribution in [2.24, 2.45) is 10.9 Å². The SMILES string of the molecule is CCCCC(=NC(=O)c1ccccc1)C(C(F)(F)F)C(F)(F)F. The molecule has 0 bridgehead atoms. The van der Waals surface area contributed by atoms with Gasteiger partial charge in [-0.25, -0.2) is 4.99 Å². The topological polar surface area (TPSA) is 29.4 Å². The first kappa shape index (κ1) is 19.2. The fourth-order valence-corrected chi connectivity index (χ4v) is 1.96. The summed E-state index contributed by atoms with van der Waals surface area (Å²) >= 11 is 0. The van der Waals surface area contributed by atoms with Gasteiger partial charge in [-0.15, -0.1) is 0 Å². The highest BCUT2D eigenvalue weighted by atomic mass is 19.4. The number of aliphatic imine (C=N–C) groups is 1. The molecule has 0 radical (unpaired) electrons. The largest absolute Gasteiger partial charge is 0.405 e. The number of unbranched alkanes of at least 4 members (excludes halogenated alkanes) is 1. The van der Waals surface area contributed by atoms with Gasteiger partial charge in [0.25, 0.3) is 5.91 Å². The van der Waals surface area contributed by atoms with Gasteiger partial charge in [0.1, 0.15) is 0 Å². The quantitative estimate of drug-likeness (QED) is 0.536. The van der Waals surface area contributed by atoms with Gasteiger partial charge in [-0.05, 0) is 25.0 Å². The molecule has 1 amide bonds. The molecule has 0 aliphatic carbocycles. The number of benzene rings is 1. The monoisotopic (exact) mass is 339 g/mol. The summed E-state index contributed by atoms with van der Waals surface area (Å²) < 4.78 is 77.0. The van der Waals surface area contributed by atoms with Crippen LogP contribution in [0.4, 0.5) is 26.3 Å². The Morgan fingerprint density at radius 2 is 1.57 bits per heavy atom.